The first-order valence-corrected chi connectivity index (χ1v) is 9.92. The number of para-hydroxylation sites is 3. The molecule has 4 heteroatoms. The minimum atomic E-state index is 0.789. The van der Waals surface area contributed by atoms with Crippen LogP contribution in [0.1, 0.15) is 44.6 Å². The van der Waals surface area contributed by atoms with Crippen molar-refractivity contribution >= 4 is 34.1 Å². The van der Waals surface area contributed by atoms with Crippen LogP contribution in [0.25, 0.3) is 21.9 Å². The molecule has 0 bridgehead atoms. The van der Waals surface area contributed by atoms with Gasteiger partial charge in [-0.3, -0.25) is 0 Å². The highest BCUT2D eigenvalue weighted by molar-refractivity contribution is 5.99. The number of fused-ring (bicyclic) bond motifs is 2. The number of hydrogen-bond acceptors (Lipinski definition) is 2. The van der Waals surface area contributed by atoms with Gasteiger partial charge in [-0.2, -0.15) is 0 Å². The Balaban J connectivity index is 1.61. The summed E-state index contributed by atoms with van der Waals surface area (Å²) in [6, 6.07) is 16.6. The largest absolute Gasteiger partial charge is 0.361 e. The van der Waals surface area contributed by atoms with E-state index in [1.165, 1.54) is 36.6 Å². The lowest BCUT2D eigenvalue weighted by Crippen LogP contribution is -1.98. The lowest BCUT2D eigenvalue weighted by Gasteiger charge is -2.06. The minimum Gasteiger partial charge on any atom is -0.361 e. The molecule has 138 valence electrons. The van der Waals surface area contributed by atoms with Crippen molar-refractivity contribution in [2.24, 2.45) is 4.99 Å². The van der Waals surface area contributed by atoms with E-state index in [-0.39, 0.29) is 0 Å². The Kier molecular flexibility index (Phi) is 5.33. The molecule has 0 atom stereocenters. The van der Waals surface area contributed by atoms with Crippen molar-refractivity contribution in [3.05, 3.63) is 60.3 Å². The second-order valence-electron chi connectivity index (χ2n) is 7.01. The average Bonchev–Trinajstić information content (AvgIpc) is 3.27. The number of hydrogen-bond donors (Lipinski definition) is 1. The zero-order valence-electron chi connectivity index (χ0n) is 15.9. The number of aromatic amines is 1. The molecule has 0 unspecified atom stereocenters. The number of aliphatic imine (C=N–C) groups is 1. The SMILES string of the molecule is CCCCCCCn1c(N=Cc2c[nH]c3ccccc23)nc2ccccc21. The van der Waals surface area contributed by atoms with Gasteiger partial charge in [0.25, 0.3) is 0 Å². The Bertz CT molecular complexity index is 1050. The number of aromatic nitrogens is 3. The van der Waals surface area contributed by atoms with Crippen LogP contribution in [0, 0.1) is 0 Å². The zero-order valence-corrected chi connectivity index (χ0v) is 15.9. The molecule has 0 spiro atoms. The first kappa shape index (κ1) is 17.5. The predicted molar refractivity (Wildman–Crippen MR) is 114 cm³/mol. The maximum absolute atomic E-state index is 4.76. The minimum absolute atomic E-state index is 0.789. The maximum Gasteiger partial charge on any atom is 0.230 e. The molecule has 2 aromatic carbocycles. The van der Waals surface area contributed by atoms with Gasteiger partial charge in [-0.25, -0.2) is 9.98 Å². The van der Waals surface area contributed by atoms with Crippen molar-refractivity contribution in [2.75, 3.05) is 0 Å². The third-order valence-corrected chi connectivity index (χ3v) is 5.06. The van der Waals surface area contributed by atoms with E-state index in [9.17, 15) is 0 Å². The molecule has 2 aromatic heterocycles. The molecule has 4 nitrogen and oxygen atoms in total. The standard InChI is InChI=1S/C23H26N4/c1-2-3-4-5-10-15-27-22-14-9-8-13-21(22)26-23(27)25-17-18-16-24-20-12-7-6-11-19(18)20/h6-9,11-14,16-17,24H,2-5,10,15H2,1H3. The van der Waals surface area contributed by atoms with E-state index in [2.05, 4.69) is 52.9 Å². The third-order valence-electron chi connectivity index (χ3n) is 5.06. The van der Waals surface area contributed by atoms with Crippen LogP contribution in [0.5, 0.6) is 0 Å². The van der Waals surface area contributed by atoms with Gasteiger partial charge in [0.1, 0.15) is 0 Å². The molecule has 0 aliphatic rings. The van der Waals surface area contributed by atoms with Crippen LogP contribution in [0.15, 0.2) is 59.7 Å². The molecule has 0 amide bonds. The van der Waals surface area contributed by atoms with Gasteiger partial charge in [0, 0.05) is 35.4 Å². The average molecular weight is 358 g/mol. The summed E-state index contributed by atoms with van der Waals surface area (Å²) in [4.78, 5) is 12.8. The molecule has 0 radical (unpaired) electrons. The summed E-state index contributed by atoms with van der Waals surface area (Å²) in [5.41, 5.74) is 4.40. The Morgan fingerprint density at radius 2 is 1.81 bits per heavy atom. The number of benzene rings is 2. The van der Waals surface area contributed by atoms with Gasteiger partial charge in [0.2, 0.25) is 5.95 Å². The van der Waals surface area contributed by atoms with E-state index < -0.39 is 0 Å². The van der Waals surface area contributed by atoms with Gasteiger partial charge in [-0.1, -0.05) is 62.9 Å². The number of imidazole rings is 1. The molecule has 0 aliphatic heterocycles. The number of H-pyrrole nitrogens is 1. The van der Waals surface area contributed by atoms with Crippen LogP contribution in [0.3, 0.4) is 0 Å². The monoisotopic (exact) mass is 358 g/mol. The van der Waals surface area contributed by atoms with Crippen LogP contribution < -0.4 is 0 Å². The third kappa shape index (κ3) is 3.80. The van der Waals surface area contributed by atoms with Gasteiger partial charge in [-0.05, 0) is 24.6 Å². The number of unbranched alkanes of at least 4 members (excludes halogenated alkanes) is 4. The van der Waals surface area contributed by atoms with E-state index in [1.807, 2.05) is 24.5 Å². The lowest BCUT2D eigenvalue weighted by atomic mass is 10.1. The summed E-state index contributed by atoms with van der Waals surface area (Å²) in [6.45, 7) is 3.21. The van der Waals surface area contributed by atoms with Crippen LogP contribution in [-0.4, -0.2) is 20.7 Å². The number of nitrogens with one attached hydrogen (secondary N) is 1. The fourth-order valence-electron chi connectivity index (χ4n) is 3.58. The highest BCUT2D eigenvalue weighted by Crippen LogP contribution is 2.23. The van der Waals surface area contributed by atoms with Gasteiger partial charge >= 0.3 is 0 Å². The lowest BCUT2D eigenvalue weighted by molar-refractivity contribution is 0.577. The molecule has 27 heavy (non-hydrogen) atoms. The predicted octanol–water partition coefficient (Wildman–Crippen LogP) is 6.24. The molecule has 0 saturated heterocycles. The zero-order chi connectivity index (χ0) is 18.5. The van der Waals surface area contributed by atoms with E-state index in [4.69, 9.17) is 9.98 Å². The van der Waals surface area contributed by atoms with Crippen LogP contribution >= 0.6 is 0 Å². The van der Waals surface area contributed by atoms with Crippen molar-refractivity contribution in [3.8, 4) is 0 Å². The fraction of sp³-hybridized carbons (Fsp3) is 0.304. The number of aryl methyl sites for hydroxylation is 1. The molecular formula is C23H26N4. The molecule has 4 aromatic rings. The Labute approximate surface area is 160 Å². The fourth-order valence-corrected chi connectivity index (χ4v) is 3.58. The summed E-state index contributed by atoms with van der Waals surface area (Å²) < 4.78 is 2.26. The summed E-state index contributed by atoms with van der Waals surface area (Å²) in [5, 5.41) is 1.18. The van der Waals surface area contributed by atoms with Gasteiger partial charge in [0.15, 0.2) is 0 Å². The van der Waals surface area contributed by atoms with Crippen molar-refractivity contribution < 1.29 is 0 Å². The first-order valence-electron chi connectivity index (χ1n) is 9.92. The molecule has 2 heterocycles. The van der Waals surface area contributed by atoms with Crippen LogP contribution in [-0.2, 0) is 6.54 Å². The van der Waals surface area contributed by atoms with Crippen molar-refractivity contribution in [2.45, 2.75) is 45.6 Å². The number of rotatable bonds is 8. The Hall–Kier alpha value is -2.88. The number of nitrogens with zero attached hydrogens (tertiary/aromatic N) is 3. The smallest absolute Gasteiger partial charge is 0.230 e. The normalized spacial score (nSPS) is 11.9. The van der Waals surface area contributed by atoms with Gasteiger partial charge in [-0.15, -0.1) is 0 Å². The summed E-state index contributed by atoms with van der Waals surface area (Å²) in [5.74, 6) is 0.789. The second kappa shape index (κ2) is 8.21. The van der Waals surface area contributed by atoms with Crippen molar-refractivity contribution in [1.82, 2.24) is 14.5 Å². The molecule has 0 fully saturated rings. The van der Waals surface area contributed by atoms with E-state index in [0.29, 0.717) is 0 Å². The maximum atomic E-state index is 4.76. The molecular weight excluding hydrogens is 332 g/mol. The van der Waals surface area contributed by atoms with Crippen LogP contribution in [0.4, 0.5) is 5.95 Å². The topological polar surface area (TPSA) is 46.0 Å². The Morgan fingerprint density at radius 1 is 1.00 bits per heavy atom. The van der Waals surface area contributed by atoms with E-state index in [0.717, 1.165) is 35.5 Å². The quantitative estimate of drug-likeness (QED) is 0.294. The van der Waals surface area contributed by atoms with Gasteiger partial charge < -0.3 is 9.55 Å². The summed E-state index contributed by atoms with van der Waals surface area (Å²) in [6.07, 6.45) is 10.2. The highest BCUT2D eigenvalue weighted by Gasteiger charge is 2.09. The molecule has 0 saturated carbocycles. The van der Waals surface area contributed by atoms with E-state index >= 15 is 0 Å². The Morgan fingerprint density at radius 3 is 2.74 bits per heavy atom. The van der Waals surface area contributed by atoms with Crippen LogP contribution in [0.2, 0.25) is 0 Å². The second-order valence-corrected chi connectivity index (χ2v) is 7.01. The van der Waals surface area contributed by atoms with Crippen molar-refractivity contribution in [3.63, 3.8) is 0 Å². The van der Waals surface area contributed by atoms with Crippen molar-refractivity contribution in [1.29, 1.82) is 0 Å². The van der Waals surface area contributed by atoms with Gasteiger partial charge in [0.05, 0.1) is 11.0 Å². The summed E-state index contributed by atoms with van der Waals surface area (Å²) in [7, 11) is 0. The summed E-state index contributed by atoms with van der Waals surface area (Å²) >= 11 is 0. The van der Waals surface area contributed by atoms with E-state index in [1.54, 1.807) is 0 Å². The molecule has 0 aliphatic carbocycles. The first-order chi connectivity index (χ1) is 13.4. The highest BCUT2D eigenvalue weighted by atomic mass is 15.2. The molecule has 1 N–H and O–H groups in total. The molecule has 4 rings (SSSR count).